The molecule has 0 amide bonds. The summed E-state index contributed by atoms with van der Waals surface area (Å²) < 4.78 is 4.08. The fourth-order valence-electron chi connectivity index (χ4n) is 6.12. The number of hydrogen-bond donors (Lipinski definition) is 2. The number of hydrogen-bond acceptors (Lipinski definition) is 6. The average Bonchev–Trinajstić information content (AvgIpc) is 3.86. The lowest BCUT2D eigenvalue weighted by Crippen LogP contribution is -2.15. The molecule has 2 unspecified atom stereocenters. The van der Waals surface area contributed by atoms with E-state index < -0.39 is 0 Å². The van der Waals surface area contributed by atoms with E-state index >= 15 is 0 Å². The normalized spacial score (nSPS) is 12.4. The summed E-state index contributed by atoms with van der Waals surface area (Å²) in [7, 11) is 0. The molecule has 8 rings (SSSR count). The van der Waals surface area contributed by atoms with E-state index in [2.05, 4.69) is 52.7 Å². The Kier molecular flexibility index (Phi) is 9.18. The van der Waals surface area contributed by atoms with Crippen LogP contribution in [0, 0.1) is 6.92 Å². The largest absolute Gasteiger partial charge is 0.326 e. The van der Waals surface area contributed by atoms with Crippen LogP contribution in [0.15, 0.2) is 138 Å². The first kappa shape index (κ1) is 32.4. The topological polar surface area (TPSA) is 127 Å². The van der Waals surface area contributed by atoms with Crippen molar-refractivity contribution in [3.05, 3.63) is 188 Å². The summed E-state index contributed by atoms with van der Waals surface area (Å²) in [5.41, 5.74) is 8.09. The van der Waals surface area contributed by atoms with E-state index in [-0.39, 0.29) is 23.2 Å². The van der Waals surface area contributed by atoms with Crippen molar-refractivity contribution < 1.29 is 0 Å². The zero-order valence-corrected chi connectivity index (χ0v) is 28.1. The second kappa shape index (κ2) is 14.2. The van der Waals surface area contributed by atoms with Crippen molar-refractivity contribution in [2.45, 2.75) is 32.4 Å². The van der Waals surface area contributed by atoms with Crippen molar-refractivity contribution in [2.75, 3.05) is 0 Å². The summed E-state index contributed by atoms with van der Waals surface area (Å²) in [6, 6.07) is 29.8. The Morgan fingerprint density at radius 2 is 1.18 bits per heavy atom. The van der Waals surface area contributed by atoms with Crippen LogP contribution in [-0.4, -0.2) is 39.0 Å². The highest BCUT2D eigenvalue weighted by Crippen LogP contribution is 2.30. The van der Waals surface area contributed by atoms with Gasteiger partial charge in [0.1, 0.15) is 11.4 Å². The molecule has 0 fully saturated rings. The summed E-state index contributed by atoms with van der Waals surface area (Å²) in [6.07, 6.45) is 11.6. The van der Waals surface area contributed by atoms with Gasteiger partial charge in [-0.15, -0.1) is 0 Å². The van der Waals surface area contributed by atoms with Gasteiger partial charge in [-0.3, -0.25) is 9.59 Å². The maximum atomic E-state index is 12.1. The molecule has 0 bridgehead atoms. The molecule has 10 nitrogen and oxygen atoms in total. The number of aromatic nitrogens is 8. The van der Waals surface area contributed by atoms with Crippen LogP contribution in [0.1, 0.15) is 52.6 Å². The maximum Gasteiger partial charge on any atom is 0.270 e. The Morgan fingerprint density at radius 3 is 1.72 bits per heavy atom. The third kappa shape index (κ3) is 6.74. The Labute approximate surface area is 292 Å². The molecule has 4 heterocycles. The molecule has 0 radical (unpaired) electrons. The van der Waals surface area contributed by atoms with Crippen LogP contribution in [0.4, 0.5) is 0 Å². The number of imidazole rings is 2. The number of fused-ring (bicyclic) bond motifs is 2. The zero-order valence-electron chi connectivity index (χ0n) is 27.4. The first-order valence-electron chi connectivity index (χ1n) is 16.2. The molecular weight excluding hydrogens is 648 g/mol. The summed E-state index contributed by atoms with van der Waals surface area (Å²) in [6.45, 7) is 3.64. The Balaban J connectivity index is 0.000000157. The summed E-state index contributed by atoms with van der Waals surface area (Å²) >= 11 is 6.03. The standard InChI is InChI=1S/C20H18N4O.C19H15ClN4O/c1-2-16-20(25)23-18-12-15(8-9-17(18)22-16)19(24-11-10-21-13-24)14-6-4-3-5-7-14;1-12-19(25)23-17-10-14(4-7-16(17)22-12)18(24-9-8-21-11-24)13-2-5-15(20)6-3-13/h3-13,19H,2H2,1H3,(H,23,25);2-11,18H,1H3,(H,23,25). The van der Waals surface area contributed by atoms with E-state index in [9.17, 15) is 9.59 Å². The number of rotatable bonds is 7. The predicted octanol–water partition coefficient (Wildman–Crippen LogP) is 7.04. The monoisotopic (exact) mass is 680 g/mol. The van der Waals surface area contributed by atoms with Crippen LogP contribution in [0.5, 0.6) is 0 Å². The molecule has 50 heavy (non-hydrogen) atoms. The number of nitrogens with zero attached hydrogens (tertiary/aromatic N) is 6. The van der Waals surface area contributed by atoms with Crippen molar-refractivity contribution >= 4 is 33.7 Å². The number of H-pyrrole nitrogens is 2. The highest BCUT2D eigenvalue weighted by molar-refractivity contribution is 6.30. The molecule has 11 heteroatoms. The minimum atomic E-state index is -0.171. The van der Waals surface area contributed by atoms with Gasteiger partial charge in [-0.05, 0) is 72.0 Å². The Bertz CT molecular complexity index is 2490. The van der Waals surface area contributed by atoms with Gasteiger partial charge in [-0.1, -0.05) is 73.1 Å². The fraction of sp³-hybridized carbons (Fsp3) is 0.128. The van der Waals surface area contributed by atoms with Crippen LogP contribution in [-0.2, 0) is 6.42 Å². The van der Waals surface area contributed by atoms with Gasteiger partial charge in [-0.25, -0.2) is 19.9 Å². The lowest BCUT2D eigenvalue weighted by Gasteiger charge is -2.20. The van der Waals surface area contributed by atoms with E-state index in [0.29, 0.717) is 28.3 Å². The third-order valence-electron chi connectivity index (χ3n) is 8.59. The van der Waals surface area contributed by atoms with Crippen LogP contribution in [0.3, 0.4) is 0 Å². The molecule has 0 saturated heterocycles. The highest BCUT2D eigenvalue weighted by atomic mass is 35.5. The van der Waals surface area contributed by atoms with Gasteiger partial charge in [0.25, 0.3) is 11.1 Å². The van der Waals surface area contributed by atoms with Crippen LogP contribution in [0.25, 0.3) is 22.1 Å². The van der Waals surface area contributed by atoms with E-state index in [1.54, 1.807) is 25.6 Å². The zero-order chi connectivity index (χ0) is 34.6. The molecule has 0 aliphatic carbocycles. The molecule has 248 valence electrons. The smallest absolute Gasteiger partial charge is 0.270 e. The van der Waals surface area contributed by atoms with Crippen molar-refractivity contribution in [1.29, 1.82) is 0 Å². The first-order valence-corrected chi connectivity index (χ1v) is 16.5. The van der Waals surface area contributed by atoms with Gasteiger partial charge in [0, 0.05) is 29.8 Å². The summed E-state index contributed by atoms with van der Waals surface area (Å²) in [4.78, 5) is 47.0. The molecule has 4 aromatic carbocycles. The summed E-state index contributed by atoms with van der Waals surface area (Å²) in [5.74, 6) is 0. The highest BCUT2D eigenvalue weighted by Gasteiger charge is 2.18. The van der Waals surface area contributed by atoms with Crippen molar-refractivity contribution in [2.24, 2.45) is 0 Å². The van der Waals surface area contributed by atoms with Crippen molar-refractivity contribution in [3.63, 3.8) is 0 Å². The Hall–Kier alpha value is -6.13. The van der Waals surface area contributed by atoms with Crippen molar-refractivity contribution in [3.8, 4) is 0 Å². The van der Waals surface area contributed by atoms with Gasteiger partial charge in [0.05, 0.1) is 46.8 Å². The van der Waals surface area contributed by atoms with E-state index in [0.717, 1.165) is 38.8 Å². The second-order valence-corrected chi connectivity index (χ2v) is 12.3. The van der Waals surface area contributed by atoms with Gasteiger partial charge >= 0.3 is 0 Å². The fourth-order valence-corrected chi connectivity index (χ4v) is 6.24. The first-order chi connectivity index (χ1) is 24.4. The van der Waals surface area contributed by atoms with Gasteiger partial charge < -0.3 is 19.1 Å². The molecule has 0 aliphatic heterocycles. The number of aromatic amines is 2. The molecule has 0 saturated carbocycles. The molecular formula is C39H33ClN8O2. The molecule has 2 atom stereocenters. The molecule has 0 aliphatic rings. The molecule has 4 aromatic heterocycles. The van der Waals surface area contributed by atoms with Gasteiger partial charge in [-0.2, -0.15) is 0 Å². The van der Waals surface area contributed by atoms with Crippen LogP contribution < -0.4 is 11.1 Å². The average molecular weight is 681 g/mol. The number of aryl methyl sites for hydroxylation is 2. The lowest BCUT2D eigenvalue weighted by molar-refractivity contribution is 0.677. The molecule has 8 aromatic rings. The minimum Gasteiger partial charge on any atom is -0.326 e. The SMILES string of the molecule is CCc1nc2ccc(C(c3ccccc3)n3ccnc3)cc2[nH]c1=O.Cc1nc2ccc(C(c3ccc(Cl)cc3)n3ccnc3)cc2[nH]c1=O. The number of nitrogens with one attached hydrogen (secondary N) is 2. The molecule has 0 spiro atoms. The quantitative estimate of drug-likeness (QED) is 0.186. The lowest BCUT2D eigenvalue weighted by atomic mass is 9.98. The van der Waals surface area contributed by atoms with Crippen LogP contribution >= 0.6 is 11.6 Å². The Morgan fingerprint density at radius 1 is 0.660 bits per heavy atom. The number of benzene rings is 4. The van der Waals surface area contributed by atoms with Gasteiger partial charge in [0.2, 0.25) is 0 Å². The predicted molar refractivity (Wildman–Crippen MR) is 196 cm³/mol. The van der Waals surface area contributed by atoms with Crippen molar-refractivity contribution in [1.82, 2.24) is 39.0 Å². The van der Waals surface area contributed by atoms with Crippen LogP contribution in [0.2, 0.25) is 5.02 Å². The number of halogens is 1. The summed E-state index contributed by atoms with van der Waals surface area (Å²) in [5, 5.41) is 0.690. The maximum absolute atomic E-state index is 12.1. The molecule has 2 N–H and O–H groups in total. The minimum absolute atomic E-state index is 0.0116. The third-order valence-corrected chi connectivity index (χ3v) is 8.84. The second-order valence-electron chi connectivity index (χ2n) is 11.9. The van der Waals surface area contributed by atoms with E-state index in [4.69, 9.17) is 11.6 Å². The van der Waals surface area contributed by atoms with E-state index in [1.165, 1.54) is 0 Å². The van der Waals surface area contributed by atoms with E-state index in [1.807, 2.05) is 103 Å². The van der Waals surface area contributed by atoms with Gasteiger partial charge in [0.15, 0.2) is 0 Å².